The van der Waals surface area contributed by atoms with Gasteiger partial charge in [-0.25, -0.2) is 4.79 Å². The lowest BCUT2D eigenvalue weighted by atomic mass is 10.1. The van der Waals surface area contributed by atoms with Crippen LogP contribution in [0.4, 0.5) is 0 Å². The molecule has 0 saturated carbocycles. The minimum atomic E-state index is -0.406. The van der Waals surface area contributed by atoms with E-state index in [-0.39, 0.29) is 0 Å². The number of nitrogens with one attached hydrogen (secondary N) is 1. The topological polar surface area (TPSA) is 104 Å². The summed E-state index contributed by atoms with van der Waals surface area (Å²) in [6.07, 6.45) is 2.18. The number of hydrogen-bond acceptors (Lipinski definition) is 4. The molecule has 7 nitrogen and oxygen atoms in total. The van der Waals surface area contributed by atoms with E-state index in [1.807, 2.05) is 24.3 Å². The van der Waals surface area contributed by atoms with Gasteiger partial charge in [0.1, 0.15) is 0 Å². The van der Waals surface area contributed by atoms with Gasteiger partial charge in [-0.3, -0.25) is 14.3 Å². The molecule has 0 saturated heterocycles. The van der Waals surface area contributed by atoms with Gasteiger partial charge < -0.3 is 0 Å². The number of benzene rings is 1. The molecule has 0 atom stereocenters. The second-order valence-corrected chi connectivity index (χ2v) is 5.49. The Bertz CT molecular complexity index is 792. The van der Waals surface area contributed by atoms with Crippen LogP contribution in [0.2, 0.25) is 0 Å². The minimum absolute atomic E-state index is 0.394. The number of aromatic amines is 1. The average molecular weight is 317 g/mol. The summed E-state index contributed by atoms with van der Waals surface area (Å²) < 4.78 is 1.45. The predicted octanol–water partition coefficient (Wildman–Crippen LogP) is 2.28. The summed E-state index contributed by atoms with van der Waals surface area (Å²) in [6, 6.07) is 9.27. The van der Waals surface area contributed by atoms with Crippen LogP contribution in [-0.2, 0) is 18.1 Å². The maximum absolute atomic E-state index is 11.6. The number of azide groups is 1. The van der Waals surface area contributed by atoms with Crippen molar-refractivity contribution in [2.45, 2.75) is 18.1 Å². The van der Waals surface area contributed by atoms with E-state index in [9.17, 15) is 9.59 Å². The van der Waals surface area contributed by atoms with Crippen molar-refractivity contribution in [1.29, 1.82) is 0 Å². The first-order valence-electron chi connectivity index (χ1n) is 6.66. The summed E-state index contributed by atoms with van der Waals surface area (Å²) >= 11 is 1.57. The summed E-state index contributed by atoms with van der Waals surface area (Å²) in [5, 5.41) is 3.55. The van der Waals surface area contributed by atoms with Crippen molar-refractivity contribution in [3.05, 3.63) is 78.9 Å². The van der Waals surface area contributed by atoms with Crippen molar-refractivity contribution in [1.82, 2.24) is 9.55 Å². The highest BCUT2D eigenvalue weighted by molar-refractivity contribution is 7.97. The van der Waals surface area contributed by atoms with Gasteiger partial charge in [0.25, 0.3) is 5.56 Å². The Balaban J connectivity index is 1.98. The molecular weight excluding hydrogens is 302 g/mol. The number of hydrogen-bond donors (Lipinski definition) is 1. The van der Waals surface area contributed by atoms with Crippen molar-refractivity contribution in [2.24, 2.45) is 5.11 Å². The van der Waals surface area contributed by atoms with Gasteiger partial charge in [0, 0.05) is 29.5 Å². The third-order valence-corrected chi connectivity index (χ3v) is 4.02. The second-order valence-electron chi connectivity index (χ2n) is 4.53. The van der Waals surface area contributed by atoms with Gasteiger partial charge in [-0.1, -0.05) is 29.4 Å². The second kappa shape index (κ2) is 8.11. The van der Waals surface area contributed by atoms with E-state index in [2.05, 4.69) is 15.0 Å². The minimum Gasteiger partial charge on any atom is -0.291 e. The molecule has 1 N–H and O–H groups in total. The fraction of sp³-hybridized carbons (Fsp3) is 0.286. The summed E-state index contributed by atoms with van der Waals surface area (Å²) in [6.45, 7) is 0.428. The molecule has 0 spiro atoms. The van der Waals surface area contributed by atoms with E-state index in [4.69, 9.17) is 5.53 Å². The Morgan fingerprint density at radius 2 is 2.00 bits per heavy atom. The zero-order valence-corrected chi connectivity index (χ0v) is 12.6. The van der Waals surface area contributed by atoms with Gasteiger partial charge >= 0.3 is 5.69 Å². The molecule has 1 heterocycles. The van der Waals surface area contributed by atoms with E-state index < -0.39 is 11.2 Å². The van der Waals surface area contributed by atoms with Crippen LogP contribution in [0.25, 0.3) is 10.4 Å². The third-order valence-electron chi connectivity index (χ3n) is 3.05. The fourth-order valence-electron chi connectivity index (χ4n) is 1.96. The summed E-state index contributed by atoms with van der Waals surface area (Å²) in [7, 11) is 0. The van der Waals surface area contributed by atoms with Crippen LogP contribution in [0.1, 0.15) is 11.1 Å². The average Bonchev–Trinajstić information content (AvgIpc) is 2.51. The largest absolute Gasteiger partial charge is 0.329 e. The smallest absolute Gasteiger partial charge is 0.291 e. The van der Waals surface area contributed by atoms with Crippen molar-refractivity contribution < 1.29 is 0 Å². The summed E-state index contributed by atoms with van der Waals surface area (Å²) in [5.74, 6) is 1.19. The van der Waals surface area contributed by atoms with Crippen molar-refractivity contribution in [2.75, 3.05) is 6.54 Å². The lowest BCUT2D eigenvalue weighted by molar-refractivity contribution is 0.783. The van der Waals surface area contributed by atoms with E-state index in [0.29, 0.717) is 18.8 Å². The molecule has 114 valence electrons. The number of thioether (sulfide) groups is 1. The number of rotatable bonds is 7. The first-order chi connectivity index (χ1) is 10.7. The molecule has 2 aromatic rings. The van der Waals surface area contributed by atoms with Gasteiger partial charge in [-0.05, 0) is 23.1 Å². The fourth-order valence-corrected chi connectivity index (χ4v) is 2.95. The maximum Gasteiger partial charge on any atom is 0.329 e. The van der Waals surface area contributed by atoms with E-state index in [0.717, 1.165) is 16.9 Å². The van der Waals surface area contributed by atoms with Gasteiger partial charge in [0.15, 0.2) is 0 Å². The highest BCUT2D eigenvalue weighted by Gasteiger charge is 2.03. The highest BCUT2D eigenvalue weighted by atomic mass is 32.2. The monoisotopic (exact) mass is 317 g/mol. The lowest BCUT2D eigenvalue weighted by Crippen LogP contribution is -2.27. The Kier molecular flexibility index (Phi) is 5.88. The maximum atomic E-state index is 11.6. The molecule has 0 unspecified atom stereocenters. The molecule has 1 aromatic carbocycles. The first kappa shape index (κ1) is 15.9. The Morgan fingerprint density at radius 3 is 2.73 bits per heavy atom. The number of H-pyrrole nitrogens is 1. The molecule has 8 heteroatoms. The van der Waals surface area contributed by atoms with Gasteiger partial charge in [0.2, 0.25) is 0 Å². The van der Waals surface area contributed by atoms with Crippen molar-refractivity contribution >= 4 is 11.8 Å². The molecule has 0 aliphatic rings. The molecule has 0 fully saturated rings. The number of aromatic nitrogens is 2. The van der Waals surface area contributed by atoms with Crippen LogP contribution in [0.3, 0.4) is 0 Å². The zero-order chi connectivity index (χ0) is 15.8. The molecule has 22 heavy (non-hydrogen) atoms. The van der Waals surface area contributed by atoms with Crippen LogP contribution >= 0.6 is 11.8 Å². The molecule has 0 radical (unpaired) electrons. The highest BCUT2D eigenvalue weighted by Crippen LogP contribution is 2.18. The molecule has 1 aromatic heterocycles. The van der Waals surface area contributed by atoms with Gasteiger partial charge in [-0.15, -0.1) is 11.8 Å². The van der Waals surface area contributed by atoms with E-state index in [1.165, 1.54) is 16.8 Å². The van der Waals surface area contributed by atoms with E-state index in [1.54, 1.807) is 11.8 Å². The summed E-state index contributed by atoms with van der Waals surface area (Å²) in [4.78, 5) is 27.5. The predicted molar refractivity (Wildman–Crippen MR) is 86.8 cm³/mol. The quantitative estimate of drug-likeness (QED) is 0.481. The molecule has 2 rings (SSSR count). The molecular formula is C14H15N5O2S. The molecule has 0 aliphatic heterocycles. The van der Waals surface area contributed by atoms with Crippen LogP contribution in [0.5, 0.6) is 0 Å². The standard InChI is InChI=1S/C14H15N5O2S/c15-18-16-7-5-11-3-1-2-4-12(11)9-22-10-19-8-6-13(20)17-14(19)21/h1-4,6,8H,5,7,9-10H2,(H,17,20,21). The molecule has 0 aliphatic carbocycles. The van der Waals surface area contributed by atoms with Crippen LogP contribution in [0, 0.1) is 0 Å². The van der Waals surface area contributed by atoms with Crippen molar-refractivity contribution in [3.8, 4) is 0 Å². The molecule has 0 amide bonds. The third kappa shape index (κ3) is 4.54. The zero-order valence-electron chi connectivity index (χ0n) is 11.8. The Hall–Kier alpha value is -2.44. The molecule has 0 bridgehead atoms. The van der Waals surface area contributed by atoms with E-state index >= 15 is 0 Å². The number of nitrogens with zero attached hydrogens (tertiary/aromatic N) is 4. The lowest BCUT2D eigenvalue weighted by Gasteiger charge is -2.09. The summed E-state index contributed by atoms with van der Waals surface area (Å²) in [5.41, 5.74) is 9.81. The van der Waals surface area contributed by atoms with Crippen LogP contribution in [-0.4, -0.2) is 16.1 Å². The van der Waals surface area contributed by atoms with Crippen LogP contribution < -0.4 is 11.2 Å². The van der Waals surface area contributed by atoms with Crippen LogP contribution in [0.15, 0.2) is 51.2 Å². The first-order valence-corrected chi connectivity index (χ1v) is 7.81. The Morgan fingerprint density at radius 1 is 1.23 bits per heavy atom. The SMILES string of the molecule is [N-]=[N+]=NCCc1ccccc1CSCn1ccc(=O)[nH]c1=O. The Labute approximate surface area is 130 Å². The van der Waals surface area contributed by atoms with Gasteiger partial charge in [0.05, 0.1) is 5.88 Å². The van der Waals surface area contributed by atoms with Gasteiger partial charge in [-0.2, -0.15) is 0 Å². The van der Waals surface area contributed by atoms with Crippen molar-refractivity contribution in [3.63, 3.8) is 0 Å². The normalized spacial score (nSPS) is 10.2.